The van der Waals surface area contributed by atoms with E-state index in [1.54, 1.807) is 38.2 Å². The van der Waals surface area contributed by atoms with Crippen molar-refractivity contribution in [3.05, 3.63) is 57.1 Å². The molecular weight excluding hydrogens is 400 g/mol. The molecule has 9 nitrogen and oxygen atoms in total. The van der Waals surface area contributed by atoms with Crippen LogP contribution in [0.5, 0.6) is 5.75 Å². The van der Waals surface area contributed by atoms with Crippen LogP contribution in [0.25, 0.3) is 0 Å². The molecule has 2 rings (SSSR count). The van der Waals surface area contributed by atoms with E-state index in [1.165, 1.54) is 24.1 Å². The number of carbonyl (C=O) groups excluding carboxylic acids is 2. The zero-order chi connectivity index (χ0) is 21.6. The molecule has 0 aliphatic heterocycles. The molecule has 0 aliphatic rings. The predicted octanol–water partition coefficient (Wildman–Crippen LogP) is 3.07. The van der Waals surface area contributed by atoms with Crippen molar-refractivity contribution in [2.45, 2.75) is 6.92 Å². The number of nitro groups is 1. The Hall–Kier alpha value is -3.17. The zero-order valence-corrected chi connectivity index (χ0v) is 16.9. The number of anilines is 2. The van der Waals surface area contributed by atoms with Gasteiger partial charge in [-0.2, -0.15) is 0 Å². The number of aryl methyl sites for hydroxylation is 1. The number of benzene rings is 2. The number of halogens is 1. The van der Waals surface area contributed by atoms with Gasteiger partial charge in [-0.25, -0.2) is 0 Å². The lowest BCUT2D eigenvalue weighted by atomic mass is 10.1. The first-order chi connectivity index (χ1) is 13.7. The highest BCUT2D eigenvalue weighted by Crippen LogP contribution is 2.32. The van der Waals surface area contributed by atoms with Gasteiger partial charge in [0.2, 0.25) is 11.8 Å². The van der Waals surface area contributed by atoms with Crippen molar-refractivity contribution in [2.75, 3.05) is 37.9 Å². The van der Waals surface area contributed by atoms with Crippen molar-refractivity contribution < 1.29 is 19.2 Å². The SMILES string of the molecule is COc1cc(NC(=O)CN(C)CC(=O)Nc2ccccc2Cl)c(C)cc1[N+](=O)[O-]. The molecule has 0 spiro atoms. The molecule has 0 saturated carbocycles. The number of carbonyl (C=O) groups is 2. The maximum absolute atomic E-state index is 12.3. The lowest BCUT2D eigenvalue weighted by molar-refractivity contribution is -0.385. The van der Waals surface area contributed by atoms with Crippen molar-refractivity contribution >= 4 is 40.5 Å². The summed E-state index contributed by atoms with van der Waals surface area (Å²) in [7, 11) is 2.93. The highest BCUT2D eigenvalue weighted by atomic mass is 35.5. The Morgan fingerprint density at radius 1 is 1.14 bits per heavy atom. The summed E-state index contributed by atoms with van der Waals surface area (Å²) in [4.78, 5) is 36.5. The summed E-state index contributed by atoms with van der Waals surface area (Å²) >= 11 is 6.00. The average molecular weight is 421 g/mol. The van der Waals surface area contributed by atoms with E-state index in [-0.39, 0.29) is 36.3 Å². The zero-order valence-electron chi connectivity index (χ0n) is 16.2. The molecule has 0 atom stereocenters. The first-order valence-corrected chi connectivity index (χ1v) is 8.95. The van der Waals surface area contributed by atoms with Crippen LogP contribution in [0.3, 0.4) is 0 Å². The quantitative estimate of drug-likeness (QED) is 0.501. The number of para-hydroxylation sites is 1. The molecule has 2 N–H and O–H groups in total. The fourth-order valence-electron chi connectivity index (χ4n) is 2.60. The Morgan fingerprint density at radius 2 is 1.72 bits per heavy atom. The Bertz CT molecular complexity index is 935. The molecule has 0 fully saturated rings. The minimum atomic E-state index is -0.553. The lowest BCUT2D eigenvalue weighted by Gasteiger charge is -2.17. The largest absolute Gasteiger partial charge is 0.490 e. The van der Waals surface area contributed by atoms with Crippen molar-refractivity contribution in [3.8, 4) is 5.75 Å². The number of likely N-dealkylation sites (N-methyl/N-ethyl adjacent to an activating group) is 1. The third kappa shape index (κ3) is 6.16. The number of methoxy groups -OCH3 is 1. The average Bonchev–Trinajstić information content (AvgIpc) is 2.64. The van der Waals surface area contributed by atoms with Gasteiger partial charge in [0.05, 0.1) is 35.8 Å². The fraction of sp³-hybridized carbons (Fsp3) is 0.263. The molecular formula is C19H21ClN4O5. The van der Waals surface area contributed by atoms with Gasteiger partial charge in [-0.1, -0.05) is 23.7 Å². The Labute approximate surface area is 172 Å². The molecule has 29 heavy (non-hydrogen) atoms. The fourth-order valence-corrected chi connectivity index (χ4v) is 2.78. The number of amides is 2. The van der Waals surface area contributed by atoms with Gasteiger partial charge in [-0.3, -0.25) is 24.6 Å². The second kappa shape index (κ2) is 9.85. The third-order valence-electron chi connectivity index (χ3n) is 3.97. The molecule has 0 unspecified atom stereocenters. The van der Waals surface area contributed by atoms with E-state index >= 15 is 0 Å². The molecule has 0 aliphatic carbocycles. The van der Waals surface area contributed by atoms with Crippen LogP contribution in [0.4, 0.5) is 17.1 Å². The van der Waals surface area contributed by atoms with Crippen LogP contribution in [0.15, 0.2) is 36.4 Å². The maximum Gasteiger partial charge on any atom is 0.311 e. The van der Waals surface area contributed by atoms with Gasteiger partial charge in [-0.15, -0.1) is 0 Å². The van der Waals surface area contributed by atoms with Crippen LogP contribution in [0.2, 0.25) is 5.02 Å². The van der Waals surface area contributed by atoms with E-state index in [9.17, 15) is 19.7 Å². The topological polar surface area (TPSA) is 114 Å². The minimum absolute atomic E-state index is 0.0266. The Kier molecular flexibility index (Phi) is 7.52. The van der Waals surface area contributed by atoms with E-state index in [4.69, 9.17) is 16.3 Å². The lowest BCUT2D eigenvalue weighted by Crippen LogP contribution is -2.36. The van der Waals surface area contributed by atoms with Crippen molar-refractivity contribution in [1.82, 2.24) is 4.90 Å². The molecule has 0 radical (unpaired) electrons. The summed E-state index contributed by atoms with van der Waals surface area (Å²) in [5, 5.41) is 16.8. The second-order valence-electron chi connectivity index (χ2n) is 6.34. The van der Waals surface area contributed by atoms with Gasteiger partial charge >= 0.3 is 5.69 Å². The summed E-state index contributed by atoms with van der Waals surface area (Å²) < 4.78 is 5.02. The first-order valence-electron chi connectivity index (χ1n) is 8.57. The normalized spacial score (nSPS) is 10.5. The Balaban J connectivity index is 1.95. The summed E-state index contributed by atoms with van der Waals surface area (Å²) in [6.45, 7) is 1.55. The standard InChI is InChI=1S/C19H21ClN4O5/c1-12-8-16(24(27)28)17(29-3)9-15(12)22-19(26)11-23(2)10-18(25)21-14-7-5-4-6-13(14)20/h4-9H,10-11H2,1-3H3,(H,21,25)(H,22,26). The molecule has 0 bridgehead atoms. The number of nitro benzene ring substituents is 1. The molecule has 0 aromatic heterocycles. The minimum Gasteiger partial charge on any atom is -0.490 e. The number of ether oxygens (including phenoxy) is 1. The summed E-state index contributed by atoms with van der Waals surface area (Å²) in [6.07, 6.45) is 0. The van der Waals surface area contributed by atoms with E-state index in [0.29, 0.717) is 22.0 Å². The van der Waals surface area contributed by atoms with E-state index in [2.05, 4.69) is 10.6 Å². The molecule has 0 saturated heterocycles. The van der Waals surface area contributed by atoms with Crippen molar-refractivity contribution in [2.24, 2.45) is 0 Å². The number of hydrogen-bond donors (Lipinski definition) is 2. The summed E-state index contributed by atoms with van der Waals surface area (Å²) in [5.74, 6) is -0.651. The van der Waals surface area contributed by atoms with Gasteiger partial charge in [0.1, 0.15) is 0 Å². The van der Waals surface area contributed by atoms with Gasteiger partial charge in [0, 0.05) is 17.8 Å². The smallest absolute Gasteiger partial charge is 0.311 e. The maximum atomic E-state index is 12.3. The number of rotatable bonds is 8. The summed E-state index contributed by atoms with van der Waals surface area (Å²) in [5.41, 5.74) is 1.22. The molecule has 2 aromatic rings. The van der Waals surface area contributed by atoms with Crippen molar-refractivity contribution in [1.29, 1.82) is 0 Å². The molecule has 2 aromatic carbocycles. The van der Waals surface area contributed by atoms with Gasteiger partial charge < -0.3 is 15.4 Å². The molecule has 154 valence electrons. The third-order valence-corrected chi connectivity index (χ3v) is 4.30. The van der Waals surface area contributed by atoms with E-state index in [0.717, 1.165) is 0 Å². The number of nitrogens with one attached hydrogen (secondary N) is 2. The molecule has 2 amide bonds. The predicted molar refractivity (Wildman–Crippen MR) is 111 cm³/mol. The first kappa shape index (κ1) is 22.1. The number of hydrogen-bond acceptors (Lipinski definition) is 6. The van der Waals surface area contributed by atoms with Crippen LogP contribution < -0.4 is 15.4 Å². The van der Waals surface area contributed by atoms with Gasteiger partial charge in [0.15, 0.2) is 5.75 Å². The van der Waals surface area contributed by atoms with Gasteiger partial charge in [0.25, 0.3) is 0 Å². The number of nitrogens with zero attached hydrogens (tertiary/aromatic N) is 2. The summed E-state index contributed by atoms with van der Waals surface area (Å²) in [6, 6.07) is 9.57. The molecule has 0 heterocycles. The highest BCUT2D eigenvalue weighted by molar-refractivity contribution is 6.33. The van der Waals surface area contributed by atoms with E-state index < -0.39 is 4.92 Å². The van der Waals surface area contributed by atoms with E-state index in [1.807, 2.05) is 0 Å². The van der Waals surface area contributed by atoms with Crippen LogP contribution in [0, 0.1) is 17.0 Å². The van der Waals surface area contributed by atoms with Crippen LogP contribution in [-0.2, 0) is 9.59 Å². The highest BCUT2D eigenvalue weighted by Gasteiger charge is 2.19. The van der Waals surface area contributed by atoms with Gasteiger partial charge in [-0.05, 0) is 31.7 Å². The second-order valence-corrected chi connectivity index (χ2v) is 6.75. The van der Waals surface area contributed by atoms with Crippen molar-refractivity contribution in [3.63, 3.8) is 0 Å². The molecule has 10 heteroatoms. The monoisotopic (exact) mass is 420 g/mol. The van der Waals surface area contributed by atoms with Crippen LogP contribution >= 0.6 is 11.6 Å². The van der Waals surface area contributed by atoms with Crippen LogP contribution in [-0.4, -0.2) is 48.9 Å². The Morgan fingerprint density at radius 3 is 2.28 bits per heavy atom. The van der Waals surface area contributed by atoms with Crippen LogP contribution in [0.1, 0.15) is 5.56 Å².